The van der Waals surface area contributed by atoms with Crippen LogP contribution in [0.25, 0.3) is 28.1 Å². The third-order valence-electron chi connectivity index (χ3n) is 9.91. The standard InChI is InChI=1S/C20H18N4.C19H3Cl11O6P/c1-12-8-17-19(10-15(12)21)24(14-6-4-3-5-7-14)20-11-16(22)13(2)9-18(20)23-17;1-2-3(20)9(26)15-14(4(2)21)31-37(32-15,33-16-10(27)5(22)6(23)11(28)17(16)34-37)35-18-12(29)7(24)8(25)13(30)19(18)36-37/h3-11,21H,22H2,1-2H3;1H3/q;-1. The molecule has 22 heteroatoms. The maximum Gasteiger partial charge on any atom is 0.0882 e. The van der Waals surface area contributed by atoms with E-state index in [2.05, 4.69) is 16.7 Å². The van der Waals surface area contributed by atoms with Gasteiger partial charge in [-0.1, -0.05) is 18.2 Å². The SMILES string of the molecule is Cc1c(Cl)c(Cl)c2c(c1Cl)O[P-]13(O2)(Oc2c(Cl)c(Cl)c(Cl)c(Cl)c2O1)Oc1c(Cl)c(Cl)c(Cl)c(Cl)c1O3.Cc1cc2nc3cc(C)c(=N)cc-3n(-c3ccccc3)c2cc1N. The van der Waals surface area contributed by atoms with E-state index in [0.717, 1.165) is 44.9 Å². The summed E-state index contributed by atoms with van der Waals surface area (Å²) in [5.74, 6) is -1.78. The van der Waals surface area contributed by atoms with Gasteiger partial charge in [-0.05, 0) is 61.4 Å². The smallest absolute Gasteiger partial charge is 0.0882 e. The van der Waals surface area contributed by atoms with Crippen molar-refractivity contribution in [1.29, 1.82) is 5.41 Å². The monoisotopic (exact) mass is 1060 g/mol. The molecule has 5 aliphatic rings. The minimum atomic E-state index is -6.75. The second kappa shape index (κ2) is 14.2. The number of para-hydroxylation sites is 1. The molecule has 0 saturated carbocycles. The molecule has 61 heavy (non-hydrogen) atoms. The van der Waals surface area contributed by atoms with E-state index in [0.29, 0.717) is 10.9 Å². The molecule has 316 valence electrons. The summed E-state index contributed by atoms with van der Waals surface area (Å²) in [6, 6.07) is 18.0. The van der Waals surface area contributed by atoms with Crippen molar-refractivity contribution in [3.63, 3.8) is 0 Å². The first kappa shape index (κ1) is 43.2. The number of anilines is 1. The van der Waals surface area contributed by atoms with Crippen molar-refractivity contribution in [2.75, 3.05) is 5.73 Å². The Kier molecular flexibility index (Phi) is 10.1. The van der Waals surface area contributed by atoms with E-state index in [1.165, 1.54) is 0 Å². The van der Waals surface area contributed by atoms with Crippen molar-refractivity contribution in [1.82, 2.24) is 9.55 Å². The first-order valence-corrected chi connectivity index (χ1v) is 23.6. The molecule has 0 unspecified atom stereocenters. The fraction of sp³-hybridized carbons (Fsp3) is 0.0769. The van der Waals surface area contributed by atoms with Crippen LogP contribution in [0.2, 0.25) is 55.2 Å². The summed E-state index contributed by atoms with van der Waals surface area (Å²) in [5.41, 5.74) is 13.8. The van der Waals surface area contributed by atoms with E-state index >= 15 is 0 Å². The van der Waals surface area contributed by atoms with Crippen molar-refractivity contribution in [2.45, 2.75) is 20.8 Å². The van der Waals surface area contributed by atoms with E-state index in [4.69, 9.17) is 171 Å². The Bertz CT molecular complexity index is 2880. The average Bonchev–Trinajstić information content (AvgIpc) is 3.85. The third kappa shape index (κ3) is 6.17. The number of nitrogens with zero attached hydrogens (tertiary/aromatic N) is 2. The Morgan fingerprint density at radius 1 is 0.525 bits per heavy atom. The fourth-order valence-corrected chi connectivity index (χ4v) is 13.5. The molecule has 5 aromatic carbocycles. The normalized spacial score (nSPS) is 16.6. The predicted molar refractivity (Wildman–Crippen MR) is 247 cm³/mol. The van der Waals surface area contributed by atoms with Gasteiger partial charge in [0.15, 0.2) is 0 Å². The number of nitrogens with two attached hydrogens (primary N) is 1. The molecular formula is C39H21Cl11N4O6P-. The largest absolute Gasteiger partial charge is 0.398 e. The summed E-state index contributed by atoms with van der Waals surface area (Å²) in [6.45, 7) is 5.51. The molecule has 1 spiro atoms. The first-order valence-electron chi connectivity index (χ1n) is 17.3. The van der Waals surface area contributed by atoms with Crippen LogP contribution >= 0.6 is 135 Å². The number of rotatable bonds is 1. The van der Waals surface area contributed by atoms with E-state index < -0.39 is 7.31 Å². The van der Waals surface area contributed by atoms with Crippen molar-refractivity contribution >= 4 is 152 Å². The Labute approximate surface area is 400 Å². The molecule has 0 fully saturated rings. The molecule has 0 saturated heterocycles. The summed E-state index contributed by atoms with van der Waals surface area (Å²) in [6.07, 6.45) is 0. The van der Waals surface area contributed by atoms with E-state index in [1.54, 1.807) is 6.92 Å². The van der Waals surface area contributed by atoms with E-state index in [1.807, 2.05) is 56.3 Å². The average molecular weight is 1060 g/mol. The van der Waals surface area contributed by atoms with Gasteiger partial charge in [0.05, 0.1) is 27.8 Å². The molecule has 4 aliphatic heterocycles. The number of aryl methyl sites for hydroxylation is 2. The maximum atomic E-state index is 8.18. The van der Waals surface area contributed by atoms with Gasteiger partial charge in [-0.3, -0.25) is 0 Å². The summed E-state index contributed by atoms with van der Waals surface area (Å²) >= 11 is 70.1. The predicted octanol–water partition coefficient (Wildman–Crippen LogP) is 16.3. The van der Waals surface area contributed by atoms with Gasteiger partial charge in [-0.25, -0.2) is 4.98 Å². The zero-order valence-corrected chi connectivity index (χ0v) is 39.9. The van der Waals surface area contributed by atoms with Gasteiger partial charge in [0, 0.05) is 11.4 Å². The molecular weight excluding hydrogens is 1040 g/mol. The summed E-state index contributed by atoms with van der Waals surface area (Å²) < 4.78 is 39.3. The second-order valence-corrected chi connectivity index (χ2v) is 21.3. The third-order valence-corrected chi connectivity index (χ3v) is 18.2. The quantitative estimate of drug-likeness (QED) is 0.0548. The zero-order chi connectivity index (χ0) is 43.9. The van der Waals surface area contributed by atoms with Gasteiger partial charge in [0.25, 0.3) is 0 Å². The zero-order valence-electron chi connectivity index (χ0n) is 30.7. The van der Waals surface area contributed by atoms with Crippen LogP contribution < -0.4 is 38.2 Å². The van der Waals surface area contributed by atoms with Crippen LogP contribution in [0.15, 0.2) is 54.6 Å². The van der Waals surface area contributed by atoms with Crippen LogP contribution in [0.5, 0.6) is 34.5 Å². The van der Waals surface area contributed by atoms with Crippen molar-refractivity contribution in [3.8, 4) is 51.6 Å². The summed E-state index contributed by atoms with van der Waals surface area (Å²) in [7, 11) is -6.75. The number of hydrogen-bond donors (Lipinski definition) is 2. The van der Waals surface area contributed by atoms with Gasteiger partial charge in [0.1, 0.15) is 0 Å². The molecule has 10 rings (SSSR count). The molecule has 0 amide bonds. The Hall–Kier alpha value is -3.06. The topological polar surface area (TPSA) is 123 Å². The number of nitrogens with one attached hydrogen (secondary N) is 1. The number of fused-ring (bicyclic) bond motifs is 5. The number of aromatic nitrogens is 2. The summed E-state index contributed by atoms with van der Waals surface area (Å²) in [5, 5.41) is 6.76. The van der Waals surface area contributed by atoms with Crippen LogP contribution in [-0.2, 0) is 0 Å². The molecule has 3 N–H and O–H groups in total. The van der Waals surface area contributed by atoms with E-state index in [9.17, 15) is 0 Å². The van der Waals surface area contributed by atoms with Crippen LogP contribution in [0, 0.1) is 26.2 Å². The molecule has 10 nitrogen and oxygen atoms in total. The van der Waals surface area contributed by atoms with E-state index in [-0.39, 0.29) is 89.7 Å². The van der Waals surface area contributed by atoms with Crippen LogP contribution in [0.4, 0.5) is 5.69 Å². The Balaban J connectivity index is 0.000000171. The summed E-state index contributed by atoms with van der Waals surface area (Å²) in [4.78, 5) is 4.81. The number of halogens is 11. The minimum Gasteiger partial charge on any atom is -0.398 e. The Morgan fingerprint density at radius 2 is 0.951 bits per heavy atom. The second-order valence-electron chi connectivity index (χ2n) is 13.9. The molecule has 0 radical (unpaired) electrons. The van der Waals surface area contributed by atoms with Gasteiger partial charge < -0.3 is 15.7 Å². The van der Waals surface area contributed by atoms with Gasteiger partial charge in [-0.2, -0.15) is 0 Å². The van der Waals surface area contributed by atoms with Crippen LogP contribution in [0.1, 0.15) is 16.7 Å². The molecule has 1 aliphatic carbocycles. The molecule has 5 aromatic rings. The van der Waals surface area contributed by atoms with Gasteiger partial charge in [-0.15, -0.1) is 0 Å². The maximum absolute atomic E-state index is 8.18. The number of hydrogen-bond acceptors (Lipinski definition) is 9. The molecule has 0 bridgehead atoms. The van der Waals surface area contributed by atoms with Crippen LogP contribution in [-0.4, -0.2) is 9.55 Å². The Morgan fingerprint density at radius 3 is 1.41 bits per heavy atom. The first-order chi connectivity index (χ1) is 28.7. The minimum absolute atomic E-state index is 0.0292. The van der Waals surface area contributed by atoms with Crippen molar-refractivity contribution in [2.24, 2.45) is 0 Å². The molecule has 0 aromatic heterocycles. The van der Waals surface area contributed by atoms with Crippen molar-refractivity contribution in [3.05, 3.63) is 132 Å². The van der Waals surface area contributed by atoms with Crippen LogP contribution in [0.3, 0.4) is 0 Å². The fourth-order valence-electron chi connectivity index (χ4n) is 6.83. The van der Waals surface area contributed by atoms with Crippen molar-refractivity contribution < 1.29 is 27.1 Å². The molecule has 0 atom stereocenters. The van der Waals surface area contributed by atoms with Gasteiger partial charge in [0.2, 0.25) is 0 Å². The molecule has 4 heterocycles. The number of nitrogen functional groups attached to an aromatic ring is 1. The number of benzene rings is 6. The van der Waals surface area contributed by atoms with Gasteiger partial charge >= 0.3 is 264 Å².